The standard InChI is InChI=1S/C16H28N4O/c1-4-17-10-16(7-8-21-15(16)13-5-6-13)9-14-18-11-19-20(14)12(2)3/h11-13,15,17H,4-10H2,1-3H3. The summed E-state index contributed by atoms with van der Waals surface area (Å²) in [7, 11) is 0. The molecule has 0 spiro atoms. The van der Waals surface area contributed by atoms with Gasteiger partial charge in [0.1, 0.15) is 12.2 Å². The van der Waals surface area contributed by atoms with Crippen molar-refractivity contribution < 1.29 is 4.74 Å². The number of rotatable bonds is 7. The van der Waals surface area contributed by atoms with Crippen LogP contribution in [0.15, 0.2) is 6.33 Å². The number of hydrogen-bond donors (Lipinski definition) is 1. The molecule has 0 aromatic carbocycles. The summed E-state index contributed by atoms with van der Waals surface area (Å²) < 4.78 is 8.21. The molecule has 1 aromatic heterocycles. The smallest absolute Gasteiger partial charge is 0.138 e. The maximum absolute atomic E-state index is 6.14. The molecule has 2 fully saturated rings. The zero-order valence-corrected chi connectivity index (χ0v) is 13.5. The van der Waals surface area contributed by atoms with Gasteiger partial charge in [-0.3, -0.25) is 0 Å². The number of ether oxygens (including phenoxy) is 1. The third kappa shape index (κ3) is 2.99. The molecular weight excluding hydrogens is 264 g/mol. The van der Waals surface area contributed by atoms with E-state index in [4.69, 9.17) is 4.74 Å². The third-order valence-corrected chi connectivity index (χ3v) is 4.92. The summed E-state index contributed by atoms with van der Waals surface area (Å²) in [5, 5.41) is 7.97. The van der Waals surface area contributed by atoms with Crippen LogP contribution in [-0.2, 0) is 11.2 Å². The van der Waals surface area contributed by atoms with Crippen molar-refractivity contribution in [3.63, 3.8) is 0 Å². The van der Waals surface area contributed by atoms with Gasteiger partial charge in [-0.25, -0.2) is 9.67 Å². The van der Waals surface area contributed by atoms with E-state index in [1.54, 1.807) is 6.33 Å². The number of hydrogen-bond acceptors (Lipinski definition) is 4. The largest absolute Gasteiger partial charge is 0.377 e. The lowest BCUT2D eigenvalue weighted by molar-refractivity contribution is 0.0294. The van der Waals surface area contributed by atoms with Crippen LogP contribution in [0.2, 0.25) is 0 Å². The first-order valence-corrected chi connectivity index (χ1v) is 8.37. The molecule has 1 aliphatic heterocycles. The van der Waals surface area contributed by atoms with Gasteiger partial charge in [-0.05, 0) is 45.6 Å². The van der Waals surface area contributed by atoms with Gasteiger partial charge >= 0.3 is 0 Å². The zero-order chi connectivity index (χ0) is 14.9. The molecule has 2 atom stereocenters. The van der Waals surface area contributed by atoms with Crippen molar-refractivity contribution >= 4 is 0 Å². The van der Waals surface area contributed by atoms with Gasteiger partial charge in [0.05, 0.1) is 6.10 Å². The Hall–Kier alpha value is -0.940. The number of nitrogens with one attached hydrogen (secondary N) is 1. The van der Waals surface area contributed by atoms with Gasteiger partial charge < -0.3 is 10.1 Å². The lowest BCUT2D eigenvalue weighted by atomic mass is 9.75. The first-order valence-electron chi connectivity index (χ1n) is 8.37. The fourth-order valence-corrected chi connectivity index (χ4v) is 3.70. The van der Waals surface area contributed by atoms with Crippen LogP contribution in [0.1, 0.15) is 51.9 Å². The minimum atomic E-state index is 0.191. The second-order valence-electron chi connectivity index (χ2n) is 6.91. The van der Waals surface area contributed by atoms with E-state index in [0.717, 1.165) is 44.3 Å². The molecule has 0 radical (unpaired) electrons. The van der Waals surface area contributed by atoms with E-state index in [1.165, 1.54) is 12.8 Å². The van der Waals surface area contributed by atoms with Crippen molar-refractivity contribution in [2.75, 3.05) is 19.7 Å². The van der Waals surface area contributed by atoms with Gasteiger partial charge in [0.2, 0.25) is 0 Å². The molecule has 1 saturated heterocycles. The summed E-state index contributed by atoms with van der Waals surface area (Å²) in [5.41, 5.74) is 0.191. The molecule has 3 rings (SSSR count). The third-order valence-electron chi connectivity index (χ3n) is 4.92. The Bertz CT molecular complexity index is 469. The van der Waals surface area contributed by atoms with E-state index in [-0.39, 0.29) is 5.41 Å². The van der Waals surface area contributed by atoms with Crippen molar-refractivity contribution in [1.29, 1.82) is 0 Å². The Morgan fingerprint density at radius 2 is 2.29 bits per heavy atom. The second kappa shape index (κ2) is 6.05. The summed E-state index contributed by atoms with van der Waals surface area (Å²) in [6.45, 7) is 9.43. The zero-order valence-electron chi connectivity index (χ0n) is 13.5. The number of nitrogens with zero attached hydrogens (tertiary/aromatic N) is 3. The van der Waals surface area contributed by atoms with Crippen LogP contribution >= 0.6 is 0 Å². The highest BCUT2D eigenvalue weighted by Crippen LogP contribution is 2.49. The maximum atomic E-state index is 6.14. The molecule has 5 heteroatoms. The molecule has 1 saturated carbocycles. The maximum Gasteiger partial charge on any atom is 0.138 e. The Labute approximate surface area is 127 Å². The van der Waals surface area contributed by atoms with E-state index in [1.807, 2.05) is 0 Å². The fourth-order valence-electron chi connectivity index (χ4n) is 3.70. The highest BCUT2D eigenvalue weighted by molar-refractivity contribution is 5.06. The quantitative estimate of drug-likeness (QED) is 0.837. The first-order chi connectivity index (χ1) is 10.2. The molecule has 21 heavy (non-hydrogen) atoms. The van der Waals surface area contributed by atoms with Gasteiger partial charge in [0.15, 0.2) is 0 Å². The number of aromatic nitrogens is 3. The summed E-state index contributed by atoms with van der Waals surface area (Å²) in [5.74, 6) is 1.88. The lowest BCUT2D eigenvalue weighted by Crippen LogP contribution is -2.44. The summed E-state index contributed by atoms with van der Waals surface area (Å²) in [4.78, 5) is 4.54. The van der Waals surface area contributed by atoms with Crippen LogP contribution in [-0.4, -0.2) is 40.6 Å². The van der Waals surface area contributed by atoms with Crippen LogP contribution in [0.3, 0.4) is 0 Å². The van der Waals surface area contributed by atoms with E-state index in [0.29, 0.717) is 12.1 Å². The van der Waals surface area contributed by atoms with Crippen molar-refractivity contribution in [2.45, 2.75) is 58.6 Å². The van der Waals surface area contributed by atoms with Crippen molar-refractivity contribution in [3.05, 3.63) is 12.2 Å². The molecule has 0 amide bonds. The molecule has 2 heterocycles. The van der Waals surface area contributed by atoms with E-state index in [9.17, 15) is 0 Å². The van der Waals surface area contributed by atoms with Crippen molar-refractivity contribution in [3.8, 4) is 0 Å². The minimum absolute atomic E-state index is 0.191. The van der Waals surface area contributed by atoms with Gasteiger partial charge in [0, 0.05) is 31.0 Å². The predicted molar refractivity (Wildman–Crippen MR) is 82.2 cm³/mol. The van der Waals surface area contributed by atoms with Crippen molar-refractivity contribution in [2.24, 2.45) is 11.3 Å². The van der Waals surface area contributed by atoms with Gasteiger partial charge in [-0.2, -0.15) is 5.10 Å². The molecule has 118 valence electrons. The van der Waals surface area contributed by atoms with Crippen molar-refractivity contribution in [1.82, 2.24) is 20.1 Å². The molecule has 2 aliphatic rings. The molecule has 1 aromatic rings. The lowest BCUT2D eigenvalue weighted by Gasteiger charge is -2.34. The monoisotopic (exact) mass is 292 g/mol. The molecule has 0 bridgehead atoms. The SMILES string of the molecule is CCNCC1(Cc2ncnn2C(C)C)CCOC1C1CC1. The summed E-state index contributed by atoms with van der Waals surface area (Å²) in [6.07, 6.45) is 6.85. The van der Waals surface area contributed by atoms with Crippen LogP contribution in [0.4, 0.5) is 0 Å². The Morgan fingerprint density at radius 3 is 2.95 bits per heavy atom. The van der Waals surface area contributed by atoms with Crippen LogP contribution in [0.25, 0.3) is 0 Å². The van der Waals surface area contributed by atoms with Crippen LogP contribution in [0, 0.1) is 11.3 Å². The van der Waals surface area contributed by atoms with E-state index >= 15 is 0 Å². The Kier molecular flexibility index (Phi) is 4.31. The van der Waals surface area contributed by atoms with E-state index in [2.05, 4.69) is 40.9 Å². The molecule has 5 nitrogen and oxygen atoms in total. The minimum Gasteiger partial charge on any atom is -0.377 e. The molecule has 2 unspecified atom stereocenters. The highest BCUT2D eigenvalue weighted by Gasteiger charge is 2.51. The summed E-state index contributed by atoms with van der Waals surface area (Å²) >= 11 is 0. The highest BCUT2D eigenvalue weighted by atomic mass is 16.5. The molecular formula is C16H28N4O. The fraction of sp³-hybridized carbons (Fsp3) is 0.875. The van der Waals surface area contributed by atoms with Gasteiger partial charge in [-0.15, -0.1) is 0 Å². The molecule has 1 N–H and O–H groups in total. The summed E-state index contributed by atoms with van der Waals surface area (Å²) in [6, 6.07) is 0.361. The van der Waals surface area contributed by atoms with E-state index < -0.39 is 0 Å². The first kappa shape index (κ1) is 15.0. The normalized spacial score (nSPS) is 29.4. The average Bonchev–Trinajstić information content (AvgIpc) is 3.05. The Morgan fingerprint density at radius 1 is 1.48 bits per heavy atom. The second-order valence-corrected chi connectivity index (χ2v) is 6.91. The average molecular weight is 292 g/mol. The van der Waals surface area contributed by atoms with Crippen LogP contribution in [0.5, 0.6) is 0 Å². The van der Waals surface area contributed by atoms with Gasteiger partial charge in [-0.1, -0.05) is 6.92 Å². The predicted octanol–water partition coefficient (Wildman–Crippen LogP) is 2.20. The van der Waals surface area contributed by atoms with Gasteiger partial charge in [0.25, 0.3) is 0 Å². The molecule has 1 aliphatic carbocycles. The topological polar surface area (TPSA) is 52.0 Å². The van der Waals surface area contributed by atoms with Crippen LogP contribution < -0.4 is 5.32 Å². The Balaban J connectivity index is 1.83.